The molecule has 0 aliphatic carbocycles. The number of rotatable bonds is 5. The highest BCUT2D eigenvalue weighted by Crippen LogP contribution is 2.45. The van der Waals surface area contributed by atoms with Crippen molar-refractivity contribution in [3.8, 4) is 11.5 Å². The molecule has 2 heterocycles. The van der Waals surface area contributed by atoms with Crippen molar-refractivity contribution >= 4 is 23.1 Å². The molecule has 7 heteroatoms. The summed E-state index contributed by atoms with van der Waals surface area (Å²) in [6.45, 7) is 0. The second kappa shape index (κ2) is 8.31. The number of aliphatic hydroxyl groups excluding tert-OH is 1. The van der Waals surface area contributed by atoms with Gasteiger partial charge in [-0.15, -0.1) is 0 Å². The lowest BCUT2D eigenvalue weighted by Gasteiger charge is -2.26. The monoisotopic (exact) mass is 416 g/mol. The summed E-state index contributed by atoms with van der Waals surface area (Å²) in [6, 6.07) is 16.2. The zero-order chi connectivity index (χ0) is 22.0. The molecule has 1 N–H and O–H groups in total. The van der Waals surface area contributed by atoms with Crippen LogP contribution < -0.4 is 14.4 Å². The van der Waals surface area contributed by atoms with Gasteiger partial charge in [-0.3, -0.25) is 19.5 Å². The SMILES string of the molecule is COc1ccc([C@@H]2C(=C(O)c3ccccc3)C(=O)C(=O)N2c2cccnc2)c(OC)c1. The first kappa shape index (κ1) is 20.2. The van der Waals surface area contributed by atoms with E-state index in [4.69, 9.17) is 9.47 Å². The summed E-state index contributed by atoms with van der Waals surface area (Å²) in [5.74, 6) is -0.823. The second-order valence-corrected chi connectivity index (χ2v) is 6.85. The quantitative estimate of drug-likeness (QED) is 0.387. The highest BCUT2D eigenvalue weighted by Gasteiger charge is 2.48. The first-order valence-corrected chi connectivity index (χ1v) is 9.55. The highest BCUT2D eigenvalue weighted by molar-refractivity contribution is 6.51. The van der Waals surface area contributed by atoms with Gasteiger partial charge >= 0.3 is 0 Å². The Kier molecular flexibility index (Phi) is 5.41. The molecule has 1 aliphatic rings. The van der Waals surface area contributed by atoms with Gasteiger partial charge in [0.15, 0.2) is 0 Å². The largest absolute Gasteiger partial charge is 0.507 e. The van der Waals surface area contributed by atoms with E-state index in [-0.39, 0.29) is 11.3 Å². The number of aromatic nitrogens is 1. The number of ketones is 1. The minimum Gasteiger partial charge on any atom is -0.507 e. The molecule has 1 atom stereocenters. The summed E-state index contributed by atoms with van der Waals surface area (Å²) in [5.41, 5.74) is 1.37. The van der Waals surface area contributed by atoms with Gasteiger partial charge in [-0.2, -0.15) is 0 Å². The average molecular weight is 416 g/mol. The number of ether oxygens (including phenoxy) is 2. The number of pyridine rings is 1. The van der Waals surface area contributed by atoms with Crippen molar-refractivity contribution in [1.82, 2.24) is 4.98 Å². The van der Waals surface area contributed by atoms with Crippen molar-refractivity contribution in [3.63, 3.8) is 0 Å². The fourth-order valence-corrected chi connectivity index (χ4v) is 3.69. The lowest BCUT2D eigenvalue weighted by molar-refractivity contribution is -0.132. The number of Topliss-reactive ketones (excluding diaryl/α,β-unsaturated/α-hetero) is 1. The number of hydrogen-bond donors (Lipinski definition) is 1. The maximum atomic E-state index is 13.1. The zero-order valence-corrected chi connectivity index (χ0v) is 17.0. The van der Waals surface area contributed by atoms with Crippen LogP contribution in [0, 0.1) is 0 Å². The second-order valence-electron chi connectivity index (χ2n) is 6.85. The Morgan fingerprint density at radius 1 is 1.00 bits per heavy atom. The van der Waals surface area contributed by atoms with Crippen LogP contribution in [0.5, 0.6) is 11.5 Å². The highest BCUT2D eigenvalue weighted by atomic mass is 16.5. The van der Waals surface area contributed by atoms with Crippen LogP contribution in [-0.4, -0.2) is 36.0 Å². The fraction of sp³-hybridized carbons (Fsp3) is 0.125. The lowest BCUT2D eigenvalue weighted by atomic mass is 9.94. The van der Waals surface area contributed by atoms with Crippen LogP contribution >= 0.6 is 0 Å². The molecule has 0 bridgehead atoms. The minimum absolute atomic E-state index is 0.0245. The van der Waals surface area contributed by atoms with Crippen LogP contribution in [-0.2, 0) is 9.59 Å². The molecule has 0 spiro atoms. The lowest BCUT2D eigenvalue weighted by Crippen LogP contribution is -2.29. The maximum absolute atomic E-state index is 13.1. The number of anilines is 1. The van der Waals surface area contributed by atoms with Gasteiger partial charge in [0.1, 0.15) is 17.3 Å². The van der Waals surface area contributed by atoms with Crippen LogP contribution in [0.2, 0.25) is 0 Å². The number of hydrogen-bond acceptors (Lipinski definition) is 6. The molecule has 4 rings (SSSR count). The maximum Gasteiger partial charge on any atom is 0.300 e. The summed E-state index contributed by atoms with van der Waals surface area (Å²) in [7, 11) is 3.03. The van der Waals surface area contributed by atoms with Gasteiger partial charge < -0.3 is 14.6 Å². The Bertz CT molecular complexity index is 1160. The molecule has 0 saturated carbocycles. The normalized spacial score (nSPS) is 17.6. The smallest absolute Gasteiger partial charge is 0.300 e. The molecule has 1 saturated heterocycles. The van der Waals surface area contributed by atoms with Crippen molar-refractivity contribution in [2.45, 2.75) is 6.04 Å². The van der Waals surface area contributed by atoms with E-state index in [1.165, 1.54) is 25.3 Å². The van der Waals surface area contributed by atoms with Gasteiger partial charge in [0.2, 0.25) is 0 Å². The summed E-state index contributed by atoms with van der Waals surface area (Å²) >= 11 is 0. The van der Waals surface area contributed by atoms with Crippen LogP contribution in [0.25, 0.3) is 5.76 Å². The molecule has 1 aliphatic heterocycles. The van der Waals surface area contributed by atoms with E-state index < -0.39 is 17.7 Å². The molecule has 0 radical (unpaired) electrons. The molecule has 1 amide bonds. The van der Waals surface area contributed by atoms with Crippen LogP contribution in [0.3, 0.4) is 0 Å². The fourth-order valence-electron chi connectivity index (χ4n) is 3.69. The standard InChI is InChI=1S/C24H20N2O5/c1-30-17-10-11-18(19(13-17)31-2)21-20(22(27)15-7-4-3-5-8-15)23(28)24(29)26(21)16-9-6-12-25-14-16/h3-14,21,27H,1-2H3/t21-/m1/s1. The summed E-state index contributed by atoms with van der Waals surface area (Å²) < 4.78 is 10.8. The Morgan fingerprint density at radius 2 is 1.77 bits per heavy atom. The number of benzene rings is 2. The summed E-state index contributed by atoms with van der Waals surface area (Å²) in [5, 5.41) is 11.1. The van der Waals surface area contributed by atoms with E-state index in [0.29, 0.717) is 28.3 Å². The Labute approximate surface area is 179 Å². The van der Waals surface area contributed by atoms with E-state index in [1.54, 1.807) is 66.9 Å². The number of carbonyl (C=O) groups excluding carboxylic acids is 2. The number of carbonyl (C=O) groups is 2. The predicted octanol–water partition coefficient (Wildman–Crippen LogP) is 3.73. The Morgan fingerprint density at radius 3 is 2.42 bits per heavy atom. The number of nitrogens with zero attached hydrogens (tertiary/aromatic N) is 2. The third-order valence-corrected chi connectivity index (χ3v) is 5.15. The molecule has 1 fully saturated rings. The van der Waals surface area contributed by atoms with E-state index >= 15 is 0 Å². The number of methoxy groups -OCH3 is 2. The van der Waals surface area contributed by atoms with Crippen molar-refractivity contribution in [2.75, 3.05) is 19.1 Å². The van der Waals surface area contributed by atoms with Crippen molar-refractivity contribution in [2.24, 2.45) is 0 Å². The molecule has 7 nitrogen and oxygen atoms in total. The van der Waals surface area contributed by atoms with Crippen molar-refractivity contribution < 1.29 is 24.2 Å². The molecule has 31 heavy (non-hydrogen) atoms. The van der Waals surface area contributed by atoms with E-state index in [0.717, 1.165) is 0 Å². The predicted molar refractivity (Wildman–Crippen MR) is 115 cm³/mol. The molecular weight excluding hydrogens is 396 g/mol. The molecular formula is C24H20N2O5. The van der Waals surface area contributed by atoms with E-state index in [9.17, 15) is 14.7 Å². The van der Waals surface area contributed by atoms with Gasteiger partial charge in [-0.05, 0) is 24.3 Å². The third-order valence-electron chi connectivity index (χ3n) is 5.15. The van der Waals surface area contributed by atoms with Gasteiger partial charge in [0.05, 0.1) is 37.7 Å². The van der Waals surface area contributed by atoms with Crippen LogP contribution in [0.4, 0.5) is 5.69 Å². The summed E-state index contributed by atoms with van der Waals surface area (Å²) in [4.78, 5) is 31.6. The number of aliphatic hydroxyl groups is 1. The zero-order valence-electron chi connectivity index (χ0n) is 17.0. The number of amides is 1. The Balaban J connectivity index is 1.99. The van der Waals surface area contributed by atoms with E-state index in [1.807, 2.05) is 0 Å². The molecule has 3 aromatic rings. The van der Waals surface area contributed by atoms with Gasteiger partial charge in [0, 0.05) is 23.4 Å². The molecule has 156 valence electrons. The van der Waals surface area contributed by atoms with Gasteiger partial charge in [0.25, 0.3) is 11.7 Å². The van der Waals surface area contributed by atoms with Crippen LogP contribution in [0.15, 0.2) is 78.6 Å². The van der Waals surface area contributed by atoms with Crippen molar-refractivity contribution in [1.29, 1.82) is 0 Å². The van der Waals surface area contributed by atoms with E-state index in [2.05, 4.69) is 4.98 Å². The summed E-state index contributed by atoms with van der Waals surface area (Å²) in [6.07, 6.45) is 3.07. The minimum atomic E-state index is -0.912. The first-order chi connectivity index (χ1) is 15.1. The Hall–Kier alpha value is -4.13. The van der Waals surface area contributed by atoms with Gasteiger partial charge in [-0.25, -0.2) is 0 Å². The topological polar surface area (TPSA) is 89.0 Å². The van der Waals surface area contributed by atoms with Gasteiger partial charge in [-0.1, -0.05) is 30.3 Å². The molecule has 2 aromatic carbocycles. The molecule has 1 aromatic heterocycles. The van der Waals surface area contributed by atoms with Crippen molar-refractivity contribution in [3.05, 3.63) is 89.8 Å². The average Bonchev–Trinajstić information content (AvgIpc) is 3.09. The third kappa shape index (κ3) is 3.50. The first-order valence-electron chi connectivity index (χ1n) is 9.55. The molecule has 0 unspecified atom stereocenters. The van der Waals surface area contributed by atoms with Crippen LogP contribution in [0.1, 0.15) is 17.2 Å².